The van der Waals surface area contributed by atoms with Crippen molar-refractivity contribution in [2.24, 2.45) is 0 Å². The predicted molar refractivity (Wildman–Crippen MR) is 77.9 cm³/mol. The zero-order valence-corrected chi connectivity index (χ0v) is 12.3. The van der Waals surface area contributed by atoms with Gasteiger partial charge in [0.15, 0.2) is 0 Å². The first-order valence-electron chi connectivity index (χ1n) is 6.11. The number of amides is 1. The molecule has 0 radical (unpaired) electrons. The quantitative estimate of drug-likeness (QED) is 0.863. The van der Waals surface area contributed by atoms with Gasteiger partial charge in [-0.05, 0) is 12.1 Å². The predicted octanol–water partition coefficient (Wildman–Crippen LogP) is 3.07. The molecule has 2 rings (SSSR count). The Labute approximate surface area is 122 Å². The molecular formula is C14H15ClN4O. The molecule has 0 fully saturated rings. The van der Waals surface area contributed by atoms with Gasteiger partial charge in [0.05, 0.1) is 18.1 Å². The Hall–Kier alpha value is -2.01. The maximum atomic E-state index is 12.2. The summed E-state index contributed by atoms with van der Waals surface area (Å²) in [4.78, 5) is 24.1. The summed E-state index contributed by atoms with van der Waals surface area (Å²) < 4.78 is 0. The molecule has 0 saturated carbocycles. The summed E-state index contributed by atoms with van der Waals surface area (Å²) in [5.41, 5.74) is 1.57. The van der Waals surface area contributed by atoms with Gasteiger partial charge in [0, 0.05) is 16.7 Å². The third kappa shape index (κ3) is 3.51. The van der Waals surface area contributed by atoms with E-state index in [4.69, 9.17) is 11.6 Å². The van der Waals surface area contributed by atoms with Crippen LogP contribution in [0.2, 0.25) is 5.15 Å². The molecule has 2 aromatic heterocycles. The minimum atomic E-state index is -0.269. The van der Waals surface area contributed by atoms with Gasteiger partial charge >= 0.3 is 0 Å². The number of anilines is 1. The van der Waals surface area contributed by atoms with Gasteiger partial charge in [0.25, 0.3) is 5.91 Å². The second kappa shape index (κ2) is 5.54. The molecule has 0 aliphatic rings. The molecule has 0 atom stereocenters. The smallest absolute Gasteiger partial charge is 0.255 e. The molecule has 5 nitrogen and oxygen atoms in total. The minimum Gasteiger partial charge on any atom is -0.319 e. The molecule has 0 saturated heterocycles. The highest BCUT2D eigenvalue weighted by atomic mass is 35.5. The lowest BCUT2D eigenvalue weighted by Gasteiger charge is -2.18. The maximum Gasteiger partial charge on any atom is 0.255 e. The van der Waals surface area contributed by atoms with Crippen LogP contribution in [0.1, 0.15) is 36.8 Å². The number of carbonyl (C=O) groups excluding carboxylic acids is 1. The summed E-state index contributed by atoms with van der Waals surface area (Å²) in [6, 6.07) is 3.28. The van der Waals surface area contributed by atoms with E-state index < -0.39 is 0 Å². The van der Waals surface area contributed by atoms with Crippen molar-refractivity contribution in [1.82, 2.24) is 15.0 Å². The van der Waals surface area contributed by atoms with Crippen LogP contribution in [0.5, 0.6) is 0 Å². The van der Waals surface area contributed by atoms with Crippen LogP contribution >= 0.6 is 11.6 Å². The highest BCUT2D eigenvalue weighted by molar-refractivity contribution is 6.29. The molecule has 0 aromatic carbocycles. The molecule has 1 N–H and O–H groups in total. The number of pyridine rings is 1. The SMILES string of the molecule is CC(C)(C)c1cc(C(=O)Nc2cncnc2)cc(Cl)n1. The largest absolute Gasteiger partial charge is 0.319 e. The highest BCUT2D eigenvalue weighted by Crippen LogP contribution is 2.23. The van der Waals surface area contributed by atoms with Crippen LogP contribution in [0.25, 0.3) is 0 Å². The van der Waals surface area contributed by atoms with E-state index in [9.17, 15) is 4.79 Å². The normalized spacial score (nSPS) is 11.2. The number of rotatable bonds is 2. The zero-order chi connectivity index (χ0) is 14.8. The van der Waals surface area contributed by atoms with Gasteiger partial charge in [0.2, 0.25) is 0 Å². The summed E-state index contributed by atoms with van der Waals surface area (Å²) in [6.07, 6.45) is 4.45. The average Bonchev–Trinajstić information content (AvgIpc) is 2.38. The van der Waals surface area contributed by atoms with Crippen molar-refractivity contribution in [2.45, 2.75) is 26.2 Å². The van der Waals surface area contributed by atoms with Crippen LogP contribution < -0.4 is 5.32 Å². The van der Waals surface area contributed by atoms with Crippen molar-refractivity contribution in [3.8, 4) is 0 Å². The van der Waals surface area contributed by atoms with Crippen molar-refractivity contribution in [3.05, 3.63) is 47.3 Å². The first-order valence-corrected chi connectivity index (χ1v) is 6.48. The average molecular weight is 291 g/mol. The van der Waals surface area contributed by atoms with Gasteiger partial charge in [-0.3, -0.25) is 4.79 Å². The van der Waals surface area contributed by atoms with E-state index in [2.05, 4.69) is 20.3 Å². The van der Waals surface area contributed by atoms with Crippen molar-refractivity contribution >= 4 is 23.2 Å². The van der Waals surface area contributed by atoms with Crippen LogP contribution in [-0.2, 0) is 5.41 Å². The fourth-order valence-electron chi connectivity index (χ4n) is 1.58. The van der Waals surface area contributed by atoms with Gasteiger partial charge in [-0.2, -0.15) is 0 Å². The number of aromatic nitrogens is 3. The first kappa shape index (κ1) is 14.4. The molecule has 6 heteroatoms. The van der Waals surface area contributed by atoms with E-state index in [-0.39, 0.29) is 11.3 Å². The molecular weight excluding hydrogens is 276 g/mol. The maximum absolute atomic E-state index is 12.2. The van der Waals surface area contributed by atoms with Gasteiger partial charge in [-0.1, -0.05) is 32.4 Å². The van der Waals surface area contributed by atoms with Gasteiger partial charge in [-0.15, -0.1) is 0 Å². The number of carbonyl (C=O) groups is 1. The Balaban J connectivity index is 2.29. The Morgan fingerprint density at radius 3 is 2.45 bits per heavy atom. The number of nitrogens with one attached hydrogen (secondary N) is 1. The number of hydrogen-bond acceptors (Lipinski definition) is 4. The molecule has 0 aliphatic carbocycles. The molecule has 2 heterocycles. The Morgan fingerprint density at radius 1 is 1.20 bits per heavy atom. The fourth-order valence-corrected chi connectivity index (χ4v) is 1.79. The minimum absolute atomic E-state index is 0.185. The van der Waals surface area contributed by atoms with Crippen molar-refractivity contribution in [1.29, 1.82) is 0 Å². The molecule has 20 heavy (non-hydrogen) atoms. The number of nitrogens with zero attached hydrogens (tertiary/aromatic N) is 3. The molecule has 0 bridgehead atoms. The Bertz CT molecular complexity index is 623. The van der Waals surface area contributed by atoms with E-state index in [1.165, 1.54) is 24.8 Å². The van der Waals surface area contributed by atoms with E-state index >= 15 is 0 Å². The van der Waals surface area contributed by atoms with Crippen molar-refractivity contribution < 1.29 is 4.79 Å². The van der Waals surface area contributed by atoms with Crippen LogP contribution in [0.3, 0.4) is 0 Å². The lowest BCUT2D eigenvalue weighted by Crippen LogP contribution is -2.17. The second-order valence-corrected chi connectivity index (χ2v) is 5.78. The van der Waals surface area contributed by atoms with Gasteiger partial charge in [0.1, 0.15) is 11.5 Å². The molecule has 2 aromatic rings. The van der Waals surface area contributed by atoms with E-state index in [0.717, 1.165) is 5.69 Å². The summed E-state index contributed by atoms with van der Waals surface area (Å²) in [7, 11) is 0. The highest BCUT2D eigenvalue weighted by Gasteiger charge is 2.19. The lowest BCUT2D eigenvalue weighted by molar-refractivity contribution is 0.102. The summed E-state index contributed by atoms with van der Waals surface area (Å²) in [5, 5.41) is 3.01. The first-order chi connectivity index (χ1) is 9.36. The molecule has 0 spiro atoms. The standard InChI is InChI=1S/C14H15ClN4O/c1-14(2,3)11-4-9(5-12(15)19-11)13(20)18-10-6-16-8-17-7-10/h4-8H,1-3H3,(H,18,20). The van der Waals surface area contributed by atoms with Crippen LogP contribution in [0, 0.1) is 0 Å². The number of hydrogen-bond donors (Lipinski definition) is 1. The number of halogens is 1. The third-order valence-corrected chi connectivity index (χ3v) is 2.84. The van der Waals surface area contributed by atoms with Crippen molar-refractivity contribution in [3.63, 3.8) is 0 Å². The molecule has 0 unspecified atom stereocenters. The molecule has 104 valence electrons. The summed E-state index contributed by atoms with van der Waals surface area (Å²) >= 11 is 5.99. The summed E-state index contributed by atoms with van der Waals surface area (Å²) in [5.74, 6) is -0.269. The third-order valence-electron chi connectivity index (χ3n) is 2.64. The fraction of sp³-hybridized carbons (Fsp3) is 0.286. The van der Waals surface area contributed by atoms with Crippen LogP contribution in [-0.4, -0.2) is 20.9 Å². The van der Waals surface area contributed by atoms with E-state index in [0.29, 0.717) is 16.4 Å². The Kier molecular flexibility index (Phi) is 3.99. The molecule has 1 amide bonds. The van der Waals surface area contributed by atoms with E-state index in [1.807, 2.05) is 20.8 Å². The lowest BCUT2D eigenvalue weighted by atomic mass is 9.91. The Morgan fingerprint density at radius 2 is 1.85 bits per heavy atom. The zero-order valence-electron chi connectivity index (χ0n) is 11.5. The van der Waals surface area contributed by atoms with Crippen molar-refractivity contribution in [2.75, 3.05) is 5.32 Å². The summed E-state index contributed by atoms with van der Waals surface area (Å²) in [6.45, 7) is 6.04. The monoisotopic (exact) mass is 290 g/mol. The molecule has 0 aliphatic heterocycles. The van der Waals surface area contributed by atoms with Crippen LogP contribution in [0.4, 0.5) is 5.69 Å². The van der Waals surface area contributed by atoms with Gasteiger partial charge < -0.3 is 5.32 Å². The van der Waals surface area contributed by atoms with Crippen LogP contribution in [0.15, 0.2) is 30.9 Å². The second-order valence-electron chi connectivity index (χ2n) is 5.40. The van der Waals surface area contributed by atoms with Gasteiger partial charge in [-0.25, -0.2) is 15.0 Å². The topological polar surface area (TPSA) is 67.8 Å². The van der Waals surface area contributed by atoms with E-state index in [1.54, 1.807) is 6.07 Å².